The maximum Gasteiger partial charge on any atom is 0.234 e. The highest BCUT2D eigenvalue weighted by Gasteiger charge is 2.19. The third kappa shape index (κ3) is 3.76. The standard InChI is InChI=1S/C18H23FN2O3/c1-11-15-8-13(19)5-6-16(15)24-18(11)12(2)21-17(22)10-20-9-14-4-3-7-23-14/h5-6,8,12,14,20H,3-4,7,9-10H2,1-2H3,(H,21,22)/t12-,14-/m0/s1. The van der Waals surface area contributed by atoms with Crippen LogP contribution >= 0.6 is 0 Å². The molecule has 2 atom stereocenters. The lowest BCUT2D eigenvalue weighted by atomic mass is 10.1. The molecule has 1 aliphatic heterocycles. The van der Waals surface area contributed by atoms with Crippen LogP contribution in [0, 0.1) is 12.7 Å². The number of hydrogen-bond acceptors (Lipinski definition) is 4. The molecule has 1 aliphatic rings. The molecule has 1 aromatic carbocycles. The molecule has 0 unspecified atom stereocenters. The van der Waals surface area contributed by atoms with Gasteiger partial charge in [-0.1, -0.05) is 0 Å². The van der Waals surface area contributed by atoms with E-state index in [1.807, 2.05) is 13.8 Å². The van der Waals surface area contributed by atoms with Crippen molar-refractivity contribution in [3.05, 3.63) is 35.3 Å². The molecule has 24 heavy (non-hydrogen) atoms. The first-order valence-electron chi connectivity index (χ1n) is 8.35. The molecular formula is C18H23FN2O3. The van der Waals surface area contributed by atoms with Gasteiger partial charge in [-0.25, -0.2) is 4.39 Å². The minimum Gasteiger partial charge on any atom is -0.459 e. The number of amides is 1. The number of carbonyl (C=O) groups excluding carboxylic acids is 1. The van der Waals surface area contributed by atoms with Gasteiger partial charge in [0.05, 0.1) is 18.7 Å². The number of furan rings is 1. The van der Waals surface area contributed by atoms with E-state index < -0.39 is 0 Å². The summed E-state index contributed by atoms with van der Waals surface area (Å²) in [5, 5.41) is 6.76. The van der Waals surface area contributed by atoms with E-state index >= 15 is 0 Å². The summed E-state index contributed by atoms with van der Waals surface area (Å²) >= 11 is 0. The Labute approximate surface area is 140 Å². The first-order valence-corrected chi connectivity index (χ1v) is 8.35. The largest absolute Gasteiger partial charge is 0.459 e. The van der Waals surface area contributed by atoms with Gasteiger partial charge in [0.25, 0.3) is 0 Å². The second kappa shape index (κ2) is 7.32. The van der Waals surface area contributed by atoms with Crippen molar-refractivity contribution < 1.29 is 18.3 Å². The van der Waals surface area contributed by atoms with Gasteiger partial charge in [0.1, 0.15) is 17.2 Å². The van der Waals surface area contributed by atoms with E-state index in [1.54, 1.807) is 6.07 Å². The predicted molar refractivity (Wildman–Crippen MR) is 89.3 cm³/mol. The number of carbonyl (C=O) groups is 1. The zero-order valence-electron chi connectivity index (χ0n) is 14.0. The van der Waals surface area contributed by atoms with E-state index in [9.17, 15) is 9.18 Å². The molecule has 5 nitrogen and oxygen atoms in total. The molecule has 0 spiro atoms. The summed E-state index contributed by atoms with van der Waals surface area (Å²) in [6.45, 7) is 5.46. The number of benzene rings is 1. The van der Waals surface area contributed by atoms with E-state index in [4.69, 9.17) is 9.15 Å². The van der Waals surface area contributed by atoms with Crippen molar-refractivity contribution in [2.75, 3.05) is 19.7 Å². The number of fused-ring (bicyclic) bond motifs is 1. The maximum atomic E-state index is 13.4. The zero-order chi connectivity index (χ0) is 17.1. The third-order valence-electron chi connectivity index (χ3n) is 4.39. The molecule has 1 saturated heterocycles. The summed E-state index contributed by atoms with van der Waals surface area (Å²) in [4.78, 5) is 12.1. The Morgan fingerprint density at radius 3 is 3.04 bits per heavy atom. The average molecular weight is 334 g/mol. The highest BCUT2D eigenvalue weighted by Crippen LogP contribution is 2.29. The summed E-state index contributed by atoms with van der Waals surface area (Å²) in [6.07, 6.45) is 2.34. The van der Waals surface area contributed by atoms with Gasteiger partial charge in [-0.3, -0.25) is 4.79 Å². The molecule has 1 amide bonds. The summed E-state index contributed by atoms with van der Waals surface area (Å²) in [5.41, 5.74) is 1.48. The molecule has 3 rings (SSSR count). The van der Waals surface area contributed by atoms with Gasteiger partial charge < -0.3 is 19.8 Å². The van der Waals surface area contributed by atoms with Crippen LogP contribution in [0.1, 0.15) is 37.1 Å². The Bertz CT molecular complexity index is 722. The lowest BCUT2D eigenvalue weighted by Crippen LogP contribution is -2.38. The van der Waals surface area contributed by atoms with E-state index in [1.165, 1.54) is 12.1 Å². The lowest BCUT2D eigenvalue weighted by molar-refractivity contribution is -0.121. The molecule has 0 saturated carbocycles. The Balaban J connectivity index is 1.56. The predicted octanol–water partition coefficient (Wildman–Crippen LogP) is 2.83. The van der Waals surface area contributed by atoms with Crippen molar-refractivity contribution in [2.24, 2.45) is 0 Å². The molecule has 130 valence electrons. The van der Waals surface area contributed by atoms with Crippen LogP contribution in [-0.4, -0.2) is 31.7 Å². The van der Waals surface area contributed by atoms with Crippen LogP contribution in [0.15, 0.2) is 22.6 Å². The van der Waals surface area contributed by atoms with Crippen molar-refractivity contribution in [1.29, 1.82) is 0 Å². The van der Waals surface area contributed by atoms with Gasteiger partial charge in [0, 0.05) is 24.1 Å². The molecule has 0 aliphatic carbocycles. The van der Waals surface area contributed by atoms with E-state index in [0.717, 1.165) is 30.4 Å². The van der Waals surface area contributed by atoms with Gasteiger partial charge in [-0.05, 0) is 44.9 Å². The van der Waals surface area contributed by atoms with Crippen molar-refractivity contribution in [1.82, 2.24) is 10.6 Å². The molecule has 1 aromatic heterocycles. The fraction of sp³-hybridized carbons (Fsp3) is 0.500. The minimum atomic E-state index is -0.298. The Hall–Kier alpha value is -1.92. The second-order valence-electron chi connectivity index (χ2n) is 6.29. The summed E-state index contributed by atoms with van der Waals surface area (Å²) in [7, 11) is 0. The van der Waals surface area contributed by atoms with E-state index in [2.05, 4.69) is 10.6 Å². The van der Waals surface area contributed by atoms with Gasteiger partial charge in [0.15, 0.2) is 0 Å². The SMILES string of the molecule is Cc1c([C@H](C)NC(=O)CNC[C@@H]2CCCO2)oc2ccc(F)cc12. The van der Waals surface area contributed by atoms with E-state index in [-0.39, 0.29) is 30.4 Å². The molecule has 0 radical (unpaired) electrons. The fourth-order valence-corrected chi connectivity index (χ4v) is 3.14. The molecular weight excluding hydrogens is 311 g/mol. The topological polar surface area (TPSA) is 63.5 Å². The van der Waals surface area contributed by atoms with Crippen LogP contribution in [0.2, 0.25) is 0 Å². The average Bonchev–Trinajstić information content (AvgIpc) is 3.16. The molecule has 2 aromatic rings. The van der Waals surface area contributed by atoms with Gasteiger partial charge in [-0.15, -0.1) is 0 Å². The normalized spacial score (nSPS) is 18.9. The lowest BCUT2D eigenvalue weighted by Gasteiger charge is -2.14. The van der Waals surface area contributed by atoms with Crippen LogP contribution < -0.4 is 10.6 Å². The van der Waals surface area contributed by atoms with Crippen molar-refractivity contribution >= 4 is 16.9 Å². The van der Waals surface area contributed by atoms with Crippen LogP contribution in [0.5, 0.6) is 0 Å². The van der Waals surface area contributed by atoms with Crippen molar-refractivity contribution in [3.8, 4) is 0 Å². The van der Waals surface area contributed by atoms with Gasteiger partial charge in [0.2, 0.25) is 5.91 Å². The highest BCUT2D eigenvalue weighted by molar-refractivity contribution is 5.83. The third-order valence-corrected chi connectivity index (χ3v) is 4.39. The van der Waals surface area contributed by atoms with Crippen molar-refractivity contribution in [2.45, 2.75) is 38.8 Å². The minimum absolute atomic E-state index is 0.105. The Morgan fingerprint density at radius 1 is 1.46 bits per heavy atom. The summed E-state index contributed by atoms with van der Waals surface area (Å²) in [5.74, 6) is 0.252. The number of halogens is 1. The second-order valence-corrected chi connectivity index (χ2v) is 6.29. The van der Waals surface area contributed by atoms with E-state index in [0.29, 0.717) is 17.9 Å². The van der Waals surface area contributed by atoms with Gasteiger partial charge >= 0.3 is 0 Å². The smallest absolute Gasteiger partial charge is 0.234 e. The van der Waals surface area contributed by atoms with Crippen LogP contribution in [0.3, 0.4) is 0 Å². The number of rotatable bonds is 6. The fourth-order valence-electron chi connectivity index (χ4n) is 3.14. The zero-order valence-corrected chi connectivity index (χ0v) is 14.0. The summed E-state index contributed by atoms with van der Waals surface area (Å²) < 4.78 is 24.7. The number of nitrogens with one attached hydrogen (secondary N) is 2. The maximum absolute atomic E-state index is 13.4. The first-order chi connectivity index (χ1) is 11.5. The highest BCUT2D eigenvalue weighted by atomic mass is 19.1. The number of hydrogen-bond donors (Lipinski definition) is 2. The molecule has 2 N–H and O–H groups in total. The molecule has 0 bridgehead atoms. The van der Waals surface area contributed by atoms with Crippen LogP contribution in [0.25, 0.3) is 11.0 Å². The molecule has 6 heteroatoms. The summed E-state index contributed by atoms with van der Waals surface area (Å²) in [6, 6.07) is 4.15. The van der Waals surface area contributed by atoms with Gasteiger partial charge in [-0.2, -0.15) is 0 Å². The Kier molecular flexibility index (Phi) is 5.16. The van der Waals surface area contributed by atoms with Crippen LogP contribution in [0.4, 0.5) is 4.39 Å². The molecule has 2 heterocycles. The first kappa shape index (κ1) is 16.9. The van der Waals surface area contributed by atoms with Crippen molar-refractivity contribution in [3.63, 3.8) is 0 Å². The Morgan fingerprint density at radius 2 is 2.29 bits per heavy atom. The molecule has 1 fully saturated rings. The number of aryl methyl sites for hydroxylation is 1. The van der Waals surface area contributed by atoms with Crippen LogP contribution in [-0.2, 0) is 9.53 Å². The monoisotopic (exact) mass is 334 g/mol. The quantitative estimate of drug-likeness (QED) is 0.853. The number of ether oxygens (including phenoxy) is 1.